The average molecular weight is 240 g/mol. The maximum absolute atomic E-state index is 3.76. The van der Waals surface area contributed by atoms with E-state index >= 15 is 0 Å². The fourth-order valence-corrected chi connectivity index (χ4v) is 2.57. The molecule has 0 radical (unpaired) electrons. The Kier molecular flexibility index (Phi) is 9.59. The largest absolute Gasteiger partial charge is 2.00 e. The van der Waals surface area contributed by atoms with Crippen LogP contribution < -0.4 is 0 Å². The molecule has 1 aromatic carbocycles. The standard InChI is InChI=1S/C7H15Si.C5H5.Ti/c1-7(2)6-8(3,4)5;1-2-4-5-3-1;/h1-2,6H2,3-5H3;1-5H;/q2*-1;+2. The van der Waals surface area contributed by atoms with Crippen molar-refractivity contribution in [2.45, 2.75) is 25.7 Å². The molecule has 0 saturated heterocycles. The van der Waals surface area contributed by atoms with Gasteiger partial charge in [0, 0.05) is 8.07 Å². The Morgan fingerprint density at radius 3 is 1.79 bits per heavy atom. The number of hydrogen-bond acceptors (Lipinski definition) is 0. The molecule has 76 valence electrons. The van der Waals surface area contributed by atoms with Gasteiger partial charge in [-0.2, -0.15) is 18.2 Å². The first-order valence-electron chi connectivity index (χ1n) is 4.58. The molecule has 0 aliphatic heterocycles. The van der Waals surface area contributed by atoms with Crippen molar-refractivity contribution in [2.24, 2.45) is 0 Å². The maximum Gasteiger partial charge on any atom is 2.00 e. The van der Waals surface area contributed by atoms with Gasteiger partial charge in [-0.25, -0.2) is 31.2 Å². The fraction of sp³-hybridized carbons (Fsp3) is 0.333. The topological polar surface area (TPSA) is 0 Å². The second kappa shape index (κ2) is 8.22. The van der Waals surface area contributed by atoms with Crippen molar-refractivity contribution in [1.29, 1.82) is 0 Å². The predicted molar refractivity (Wildman–Crippen MR) is 64.7 cm³/mol. The van der Waals surface area contributed by atoms with Gasteiger partial charge in [0.25, 0.3) is 0 Å². The van der Waals surface area contributed by atoms with Gasteiger partial charge in [-0.05, 0) is 0 Å². The molecule has 0 fully saturated rings. The van der Waals surface area contributed by atoms with E-state index in [2.05, 4.69) is 33.1 Å². The molecule has 0 aliphatic rings. The fourth-order valence-electron chi connectivity index (χ4n) is 1.07. The van der Waals surface area contributed by atoms with Crippen molar-refractivity contribution in [1.82, 2.24) is 0 Å². The quantitative estimate of drug-likeness (QED) is 0.539. The smallest absolute Gasteiger partial charge is 0.242 e. The first kappa shape index (κ1) is 16.3. The van der Waals surface area contributed by atoms with Crippen LogP contribution >= 0.6 is 0 Å². The Bertz CT molecular complexity index is 202. The van der Waals surface area contributed by atoms with E-state index < -0.39 is 8.07 Å². The van der Waals surface area contributed by atoms with E-state index in [1.807, 2.05) is 30.3 Å². The second-order valence-electron chi connectivity index (χ2n) is 4.45. The van der Waals surface area contributed by atoms with Gasteiger partial charge < -0.3 is 0 Å². The molecular formula is C12H20SiTi. The van der Waals surface area contributed by atoms with Crippen LogP contribution in [0.2, 0.25) is 25.7 Å². The van der Waals surface area contributed by atoms with Crippen LogP contribution in [0.15, 0.2) is 42.5 Å². The van der Waals surface area contributed by atoms with Crippen molar-refractivity contribution in [3.63, 3.8) is 0 Å². The van der Waals surface area contributed by atoms with Crippen LogP contribution in [-0.2, 0) is 21.7 Å². The molecule has 2 heteroatoms. The molecule has 0 saturated carbocycles. The number of allylic oxidation sites excluding steroid dienone is 1. The zero-order valence-electron chi connectivity index (χ0n) is 9.51. The van der Waals surface area contributed by atoms with Crippen LogP contribution in [0.4, 0.5) is 0 Å². The molecule has 0 nitrogen and oxygen atoms in total. The van der Waals surface area contributed by atoms with Crippen molar-refractivity contribution >= 4 is 8.07 Å². The number of hydrogen-bond donors (Lipinski definition) is 0. The van der Waals surface area contributed by atoms with Crippen LogP contribution in [0.1, 0.15) is 0 Å². The molecule has 0 heterocycles. The van der Waals surface area contributed by atoms with E-state index in [0.29, 0.717) is 0 Å². The molecule has 0 aromatic heterocycles. The zero-order valence-corrected chi connectivity index (χ0v) is 12.1. The Morgan fingerprint density at radius 1 is 1.29 bits per heavy atom. The average Bonchev–Trinajstić information content (AvgIpc) is 2.33. The summed E-state index contributed by atoms with van der Waals surface area (Å²) in [6.45, 7) is 14.5. The summed E-state index contributed by atoms with van der Waals surface area (Å²) in [6.07, 6.45) is 0. The van der Waals surface area contributed by atoms with E-state index in [9.17, 15) is 0 Å². The minimum Gasteiger partial charge on any atom is -0.242 e. The summed E-state index contributed by atoms with van der Waals surface area (Å²) >= 11 is 0. The van der Waals surface area contributed by atoms with Crippen molar-refractivity contribution < 1.29 is 21.7 Å². The van der Waals surface area contributed by atoms with E-state index in [-0.39, 0.29) is 21.7 Å². The predicted octanol–water partition coefficient (Wildman–Crippen LogP) is 4.12. The number of rotatable bonds is 2. The molecule has 14 heavy (non-hydrogen) atoms. The van der Waals surface area contributed by atoms with Crippen molar-refractivity contribution in [3.8, 4) is 0 Å². The van der Waals surface area contributed by atoms with Gasteiger partial charge in [0.05, 0.1) is 0 Å². The molecule has 1 rings (SSSR count). The van der Waals surface area contributed by atoms with E-state index in [0.717, 1.165) is 11.6 Å². The van der Waals surface area contributed by atoms with Gasteiger partial charge in [-0.15, -0.1) is 0 Å². The normalized spacial score (nSPS) is 9.36. The van der Waals surface area contributed by atoms with Gasteiger partial charge in [-0.1, -0.05) is 25.7 Å². The SMILES string of the molecule is C=C([CH2-])C[Si](C)(C)C.[Ti+2].c1cc[cH-]c1. The first-order valence-corrected chi connectivity index (χ1v) is 8.29. The molecule has 0 N–H and O–H groups in total. The third-order valence-corrected chi connectivity index (χ3v) is 2.90. The summed E-state index contributed by atoms with van der Waals surface area (Å²) in [5.41, 5.74) is 1.09. The van der Waals surface area contributed by atoms with Crippen LogP contribution in [0.25, 0.3) is 0 Å². The van der Waals surface area contributed by atoms with Gasteiger partial charge >= 0.3 is 21.7 Å². The molecule has 0 amide bonds. The Labute approximate surface area is 105 Å². The van der Waals surface area contributed by atoms with Crippen molar-refractivity contribution in [2.75, 3.05) is 0 Å². The third-order valence-electron chi connectivity index (χ3n) is 1.34. The van der Waals surface area contributed by atoms with E-state index in [1.54, 1.807) is 0 Å². The second-order valence-corrected chi connectivity index (χ2v) is 9.92. The van der Waals surface area contributed by atoms with Gasteiger partial charge in [0.2, 0.25) is 0 Å². The summed E-state index contributed by atoms with van der Waals surface area (Å²) in [6, 6.07) is 11.2. The van der Waals surface area contributed by atoms with Gasteiger partial charge in [0.1, 0.15) is 0 Å². The Balaban J connectivity index is 0. The van der Waals surface area contributed by atoms with Crippen molar-refractivity contribution in [3.05, 3.63) is 49.4 Å². The molecule has 0 atom stereocenters. The van der Waals surface area contributed by atoms with Gasteiger partial charge in [0.15, 0.2) is 0 Å². The van der Waals surface area contributed by atoms with E-state index in [1.165, 1.54) is 0 Å². The summed E-state index contributed by atoms with van der Waals surface area (Å²) in [5, 5.41) is 0. The summed E-state index contributed by atoms with van der Waals surface area (Å²) < 4.78 is 0. The minimum atomic E-state index is -0.882. The molecule has 0 unspecified atom stereocenters. The van der Waals surface area contributed by atoms with Crippen LogP contribution in [0, 0.1) is 6.92 Å². The van der Waals surface area contributed by atoms with Crippen LogP contribution in [0.5, 0.6) is 0 Å². The molecule has 0 spiro atoms. The monoisotopic (exact) mass is 240 g/mol. The van der Waals surface area contributed by atoms with Crippen LogP contribution in [0.3, 0.4) is 0 Å². The molecule has 0 aliphatic carbocycles. The van der Waals surface area contributed by atoms with Gasteiger partial charge in [-0.3, -0.25) is 0 Å². The first-order chi connectivity index (χ1) is 5.92. The van der Waals surface area contributed by atoms with E-state index in [4.69, 9.17) is 0 Å². The molecular weight excluding hydrogens is 220 g/mol. The summed E-state index contributed by atoms with van der Waals surface area (Å²) in [7, 11) is -0.882. The summed E-state index contributed by atoms with van der Waals surface area (Å²) in [4.78, 5) is 0. The Hall–Kier alpha value is -0.109. The molecule has 1 aromatic rings. The van der Waals surface area contributed by atoms with Crippen LogP contribution in [-0.4, -0.2) is 8.07 Å². The summed E-state index contributed by atoms with van der Waals surface area (Å²) in [5.74, 6) is 0. The zero-order chi connectivity index (χ0) is 10.3. The molecule has 0 bridgehead atoms. The minimum absolute atomic E-state index is 0. The Morgan fingerprint density at radius 2 is 1.71 bits per heavy atom. The third kappa shape index (κ3) is 14.4. The maximum atomic E-state index is 3.76.